The maximum absolute atomic E-state index is 10.8. The molecule has 2 aliphatic rings. The number of fused-ring (bicyclic) bond motifs is 6. The third-order valence-corrected chi connectivity index (χ3v) is 13.7. The van der Waals surface area contributed by atoms with Gasteiger partial charge in [-0.1, -0.05) is 125 Å². The van der Waals surface area contributed by atoms with Crippen molar-refractivity contribution in [2.24, 2.45) is 0 Å². The molecular weight excluding hydrogens is 1010 g/mol. The molecule has 0 radical (unpaired) electrons. The fourth-order valence-electron chi connectivity index (χ4n) is 10.2. The number of hydrogen-bond acceptors (Lipinski definition) is 8. The van der Waals surface area contributed by atoms with E-state index in [0.717, 1.165) is 37.1 Å². The van der Waals surface area contributed by atoms with Gasteiger partial charge >= 0.3 is 31.4 Å². The number of hydrogen-bond donors (Lipinski definition) is 2. The van der Waals surface area contributed by atoms with Crippen LogP contribution >= 0.6 is 24.4 Å². The van der Waals surface area contributed by atoms with Gasteiger partial charge in [0, 0.05) is 35.6 Å². The van der Waals surface area contributed by atoms with Gasteiger partial charge in [0.05, 0.1) is 33.9 Å². The molecule has 10 rings (SSSR count). The van der Waals surface area contributed by atoms with Crippen LogP contribution in [0.1, 0.15) is 96.3 Å². The molecule has 0 aliphatic heterocycles. The van der Waals surface area contributed by atoms with Crippen molar-refractivity contribution in [2.45, 2.75) is 64.2 Å². The molecule has 0 spiro atoms. The summed E-state index contributed by atoms with van der Waals surface area (Å²) in [6, 6.07) is 46.1. The first-order valence-electron chi connectivity index (χ1n) is 22.8. The van der Waals surface area contributed by atoms with E-state index in [4.69, 9.17) is 31.0 Å². The van der Waals surface area contributed by atoms with Crippen molar-refractivity contribution < 1.29 is 39.3 Å². The third kappa shape index (κ3) is 10.4. The van der Waals surface area contributed by atoms with Crippen molar-refractivity contribution in [3.05, 3.63) is 202 Å². The molecule has 0 atom stereocenters. The average Bonchev–Trinajstić information content (AvgIpc) is 3.85. The van der Waals surface area contributed by atoms with Gasteiger partial charge in [0.15, 0.2) is 0 Å². The number of isothiocyanates is 2. The average molecular weight is 1060 g/mol. The van der Waals surface area contributed by atoms with Crippen LogP contribution < -0.4 is 0 Å². The molecule has 2 aliphatic carbocycles. The zero-order valence-electron chi connectivity index (χ0n) is 39.4. The molecule has 4 heterocycles. The van der Waals surface area contributed by atoms with Crippen LogP contribution in [0.4, 0.5) is 0 Å². The first-order chi connectivity index (χ1) is 34.0. The minimum absolute atomic E-state index is 0. The Kier molecular flexibility index (Phi) is 17.5. The Morgan fingerprint density at radius 2 is 0.746 bits per heavy atom. The number of pyridine rings is 4. The van der Waals surface area contributed by atoms with Crippen LogP contribution in [-0.4, -0.2) is 52.4 Å². The van der Waals surface area contributed by atoms with Crippen LogP contribution in [0, 0.1) is 0 Å². The van der Waals surface area contributed by atoms with Crippen LogP contribution in [0.15, 0.2) is 158 Å². The molecule has 0 fully saturated rings. The number of carboxylic acid groups (broad SMARTS) is 2. The number of aromatic nitrogens is 4. The number of aromatic carboxylic acids is 2. The molecule has 10 nitrogen and oxygen atoms in total. The standard InChI is InChI=1S/C44H40N2.C12H8N2O4.2CNS.Ru/c1-5-43(6-2)37-15-11-9-13-33(37)35-19-17-29(25-39(35)43)31-21-23-45-41(27-31)42-28-32(22-24-46-42)30-18-20-36-34-14-10-12-16-38(34)44(7-3,8-4)40(36)26-30;15-11(16)7-1-3-13-9(5-7)10-6-8(12(17)18)2-4-14-10;2*2-1-3;/h9-28H,5-8H2,1-4H3;1-6H,(H,15,16)(H,17,18);;;/q;;2*-1;+2. The first kappa shape index (κ1) is 53.0. The largest absolute Gasteiger partial charge is 2.00 e. The summed E-state index contributed by atoms with van der Waals surface area (Å²) in [4.78, 5) is 39.2. The zero-order valence-corrected chi connectivity index (χ0v) is 42.8. The quantitative estimate of drug-likeness (QED) is 0.0763. The molecule has 8 aromatic rings. The van der Waals surface area contributed by atoms with Crippen LogP contribution in [-0.2, 0) is 30.3 Å². The normalized spacial score (nSPS) is 12.3. The molecule has 4 aromatic carbocycles. The second-order valence-corrected chi connectivity index (χ2v) is 17.1. The Bertz CT molecular complexity index is 3100. The Hall–Kier alpha value is -7.36. The van der Waals surface area contributed by atoms with Crippen molar-refractivity contribution >= 4 is 46.7 Å². The number of carbonyl (C=O) groups is 2. The smallest absolute Gasteiger partial charge is 0.753 e. The number of nitrogens with zero attached hydrogens (tertiary/aromatic N) is 6. The fourth-order valence-corrected chi connectivity index (χ4v) is 10.2. The van der Waals surface area contributed by atoms with E-state index in [1.54, 1.807) is 0 Å². The van der Waals surface area contributed by atoms with Crippen LogP contribution in [0.5, 0.6) is 0 Å². The molecule has 0 bridgehead atoms. The summed E-state index contributed by atoms with van der Waals surface area (Å²) in [6.45, 7) is 9.32. The van der Waals surface area contributed by atoms with Crippen molar-refractivity contribution in [1.82, 2.24) is 19.9 Å². The summed E-state index contributed by atoms with van der Waals surface area (Å²) < 4.78 is 0. The van der Waals surface area contributed by atoms with Gasteiger partial charge in [-0.25, -0.2) is 9.59 Å². The summed E-state index contributed by atoms with van der Waals surface area (Å²) in [5.41, 5.74) is 18.8. The van der Waals surface area contributed by atoms with Crippen LogP contribution in [0.25, 0.3) is 78.1 Å². The zero-order chi connectivity index (χ0) is 50.0. The van der Waals surface area contributed by atoms with E-state index in [-0.39, 0.29) is 41.4 Å². The minimum atomic E-state index is -1.08. The summed E-state index contributed by atoms with van der Waals surface area (Å²) in [5, 5.41) is 34.6. The van der Waals surface area contributed by atoms with E-state index in [1.165, 1.54) is 114 Å². The van der Waals surface area contributed by atoms with Gasteiger partial charge in [0.25, 0.3) is 0 Å². The Labute approximate surface area is 437 Å². The summed E-state index contributed by atoms with van der Waals surface area (Å²) in [6.07, 6.45) is 10.9. The predicted octanol–water partition coefficient (Wildman–Crippen LogP) is 14.5. The number of rotatable bonds is 10. The van der Waals surface area contributed by atoms with Crippen molar-refractivity contribution in [3.8, 4) is 67.3 Å². The van der Waals surface area contributed by atoms with Crippen LogP contribution in [0.2, 0.25) is 0 Å². The maximum Gasteiger partial charge on any atom is 2.00 e. The Balaban J connectivity index is 0.000000275. The topological polar surface area (TPSA) is 171 Å². The van der Waals surface area contributed by atoms with Gasteiger partial charge in [-0.2, -0.15) is 10.3 Å². The number of carboxylic acids is 2. The van der Waals surface area contributed by atoms with Gasteiger partial charge in [-0.05, 0) is 153 Å². The van der Waals surface area contributed by atoms with Gasteiger partial charge in [0.1, 0.15) is 0 Å². The van der Waals surface area contributed by atoms with Gasteiger partial charge < -0.3 is 21.0 Å². The molecule has 0 saturated carbocycles. The third-order valence-electron chi connectivity index (χ3n) is 13.7. The number of benzene rings is 4. The van der Waals surface area contributed by atoms with Gasteiger partial charge in [0.2, 0.25) is 0 Å². The Morgan fingerprint density at radius 3 is 1.08 bits per heavy atom. The molecule has 0 unspecified atom stereocenters. The van der Waals surface area contributed by atoms with E-state index in [0.29, 0.717) is 11.4 Å². The van der Waals surface area contributed by atoms with E-state index >= 15 is 0 Å². The van der Waals surface area contributed by atoms with E-state index < -0.39 is 11.9 Å². The molecule has 0 amide bonds. The molecule has 354 valence electrons. The van der Waals surface area contributed by atoms with E-state index in [9.17, 15) is 9.59 Å². The Morgan fingerprint density at radius 1 is 0.451 bits per heavy atom. The minimum Gasteiger partial charge on any atom is -0.753 e. The molecule has 71 heavy (non-hydrogen) atoms. The summed E-state index contributed by atoms with van der Waals surface area (Å²) in [5.74, 6) is -2.15. The van der Waals surface area contributed by atoms with Gasteiger partial charge in [-0.15, -0.1) is 0 Å². The van der Waals surface area contributed by atoms with Crippen molar-refractivity contribution in [2.75, 3.05) is 0 Å². The van der Waals surface area contributed by atoms with E-state index in [1.807, 2.05) is 12.4 Å². The van der Waals surface area contributed by atoms with E-state index in [2.05, 4.69) is 171 Å². The fraction of sp³-hybridized carbons (Fsp3) is 0.172. The SMILES string of the molecule is CCC1(CC)c2ccccc2-c2ccc(-c3ccnc(-c4cc(-c5ccc6c(c5)C(CC)(CC)c5ccccc5-6)ccn4)c3)cc21.O=C(O)c1ccnc(-c2cc(C(=O)O)ccn2)c1.[N-]=C=S.[N-]=C=S.[Ru+2]. The second-order valence-electron chi connectivity index (χ2n) is 16.7. The molecule has 13 heteroatoms. The molecule has 2 N–H and O–H groups in total. The maximum atomic E-state index is 10.8. The summed E-state index contributed by atoms with van der Waals surface area (Å²) in [7, 11) is 0. The van der Waals surface area contributed by atoms with Crippen molar-refractivity contribution in [1.29, 1.82) is 0 Å². The summed E-state index contributed by atoms with van der Waals surface area (Å²) >= 11 is 7.40. The van der Waals surface area contributed by atoms with Crippen molar-refractivity contribution in [3.63, 3.8) is 0 Å². The molecule has 4 aromatic heterocycles. The first-order valence-corrected chi connectivity index (χ1v) is 23.6. The molecular formula is C58H48N6O4RuS2. The van der Waals surface area contributed by atoms with Crippen LogP contribution in [0.3, 0.4) is 0 Å². The monoisotopic (exact) mass is 1060 g/mol. The predicted molar refractivity (Wildman–Crippen MR) is 285 cm³/mol. The van der Waals surface area contributed by atoms with Gasteiger partial charge in [-0.3, -0.25) is 19.9 Å². The number of thiocarbonyl (C=S) groups is 2. The second kappa shape index (κ2) is 23.5. The molecule has 0 saturated heterocycles.